The number of carbonyl (C=O) groups excluding carboxylic acids is 1. The monoisotopic (exact) mass is 260 g/mol. The standard InChI is InChI=1S/C16H24N2O/c1-12(10-13-6-3-2-4-7-13)18-16(19)14-8-5-9-15(17)11-14/h2-4,6-7,12,14-15H,5,8-11,17H2,1H3,(H,18,19). The first-order valence-corrected chi connectivity index (χ1v) is 7.25. The van der Waals surface area contributed by atoms with E-state index < -0.39 is 0 Å². The zero-order valence-electron chi connectivity index (χ0n) is 11.6. The molecule has 1 saturated carbocycles. The molecule has 3 unspecified atom stereocenters. The zero-order chi connectivity index (χ0) is 13.7. The highest BCUT2D eigenvalue weighted by Gasteiger charge is 2.25. The largest absolute Gasteiger partial charge is 0.353 e. The lowest BCUT2D eigenvalue weighted by Crippen LogP contribution is -2.42. The van der Waals surface area contributed by atoms with Gasteiger partial charge in [0.15, 0.2) is 0 Å². The fourth-order valence-corrected chi connectivity index (χ4v) is 2.85. The van der Waals surface area contributed by atoms with Gasteiger partial charge >= 0.3 is 0 Å². The lowest BCUT2D eigenvalue weighted by Gasteiger charge is -2.27. The van der Waals surface area contributed by atoms with Gasteiger partial charge in [-0.05, 0) is 38.2 Å². The summed E-state index contributed by atoms with van der Waals surface area (Å²) in [6, 6.07) is 10.6. The average Bonchev–Trinajstić information content (AvgIpc) is 2.39. The van der Waals surface area contributed by atoms with Gasteiger partial charge in [0.1, 0.15) is 0 Å². The van der Waals surface area contributed by atoms with E-state index in [1.165, 1.54) is 5.56 Å². The van der Waals surface area contributed by atoms with Crippen LogP contribution in [0.25, 0.3) is 0 Å². The molecule has 1 aliphatic carbocycles. The van der Waals surface area contributed by atoms with E-state index in [1.54, 1.807) is 0 Å². The van der Waals surface area contributed by atoms with Crippen LogP contribution in [0.2, 0.25) is 0 Å². The second kappa shape index (κ2) is 6.71. The summed E-state index contributed by atoms with van der Waals surface area (Å²) in [5.74, 6) is 0.292. The van der Waals surface area contributed by atoms with Gasteiger partial charge in [0, 0.05) is 18.0 Å². The second-order valence-corrected chi connectivity index (χ2v) is 5.72. The Morgan fingerprint density at radius 2 is 2.11 bits per heavy atom. The molecule has 3 heteroatoms. The molecule has 0 bridgehead atoms. The molecule has 1 fully saturated rings. The Hall–Kier alpha value is -1.35. The van der Waals surface area contributed by atoms with E-state index in [0.29, 0.717) is 0 Å². The first-order chi connectivity index (χ1) is 9.15. The third-order valence-electron chi connectivity index (χ3n) is 3.86. The molecule has 2 rings (SSSR count). The number of nitrogens with one attached hydrogen (secondary N) is 1. The first kappa shape index (κ1) is 14.1. The summed E-state index contributed by atoms with van der Waals surface area (Å²) in [5.41, 5.74) is 7.20. The topological polar surface area (TPSA) is 55.1 Å². The minimum Gasteiger partial charge on any atom is -0.353 e. The van der Waals surface area contributed by atoms with Crippen molar-refractivity contribution in [2.75, 3.05) is 0 Å². The lowest BCUT2D eigenvalue weighted by molar-refractivity contribution is -0.126. The third kappa shape index (κ3) is 4.35. The third-order valence-corrected chi connectivity index (χ3v) is 3.86. The summed E-state index contributed by atoms with van der Waals surface area (Å²) in [6.07, 6.45) is 4.84. The first-order valence-electron chi connectivity index (χ1n) is 7.25. The molecule has 1 amide bonds. The Balaban J connectivity index is 1.81. The van der Waals surface area contributed by atoms with E-state index >= 15 is 0 Å². The fourth-order valence-electron chi connectivity index (χ4n) is 2.85. The van der Waals surface area contributed by atoms with Crippen LogP contribution in [-0.4, -0.2) is 18.0 Å². The van der Waals surface area contributed by atoms with Gasteiger partial charge in [-0.3, -0.25) is 4.79 Å². The molecule has 0 heterocycles. The van der Waals surface area contributed by atoms with Crippen LogP contribution < -0.4 is 11.1 Å². The lowest BCUT2D eigenvalue weighted by atomic mass is 9.85. The maximum atomic E-state index is 12.2. The Morgan fingerprint density at radius 1 is 1.37 bits per heavy atom. The quantitative estimate of drug-likeness (QED) is 0.872. The molecule has 1 aromatic carbocycles. The van der Waals surface area contributed by atoms with Crippen molar-refractivity contribution >= 4 is 5.91 Å². The number of rotatable bonds is 4. The predicted octanol–water partition coefficient (Wildman–Crippen LogP) is 2.25. The van der Waals surface area contributed by atoms with Crippen molar-refractivity contribution in [2.24, 2.45) is 11.7 Å². The van der Waals surface area contributed by atoms with Crippen molar-refractivity contribution < 1.29 is 4.79 Å². The Kier molecular flexibility index (Phi) is 4.97. The molecular formula is C16H24N2O. The van der Waals surface area contributed by atoms with Gasteiger partial charge in [-0.15, -0.1) is 0 Å². The minimum absolute atomic E-state index is 0.113. The van der Waals surface area contributed by atoms with Crippen LogP contribution in [0.3, 0.4) is 0 Å². The molecule has 0 aromatic heterocycles. The summed E-state index contributed by atoms with van der Waals surface area (Å²) in [7, 11) is 0. The molecule has 3 atom stereocenters. The Labute approximate surface area is 115 Å². The van der Waals surface area contributed by atoms with E-state index in [1.807, 2.05) is 18.2 Å². The van der Waals surface area contributed by atoms with Crippen LogP contribution in [0.15, 0.2) is 30.3 Å². The van der Waals surface area contributed by atoms with Crippen LogP contribution in [0, 0.1) is 5.92 Å². The summed E-state index contributed by atoms with van der Waals surface area (Å²) in [6.45, 7) is 2.06. The normalized spacial score (nSPS) is 24.7. The summed E-state index contributed by atoms with van der Waals surface area (Å²) >= 11 is 0. The SMILES string of the molecule is CC(Cc1ccccc1)NC(=O)C1CCCC(N)C1. The van der Waals surface area contributed by atoms with E-state index in [2.05, 4.69) is 24.4 Å². The highest BCUT2D eigenvalue weighted by atomic mass is 16.1. The predicted molar refractivity (Wildman–Crippen MR) is 77.7 cm³/mol. The summed E-state index contributed by atoms with van der Waals surface area (Å²) < 4.78 is 0. The molecule has 0 aliphatic heterocycles. The van der Waals surface area contributed by atoms with Crippen molar-refractivity contribution in [3.8, 4) is 0 Å². The van der Waals surface area contributed by atoms with Crippen molar-refractivity contribution in [3.05, 3.63) is 35.9 Å². The number of carbonyl (C=O) groups is 1. The molecule has 1 aliphatic rings. The van der Waals surface area contributed by atoms with Crippen LogP contribution in [0.1, 0.15) is 38.2 Å². The molecule has 0 spiro atoms. The molecule has 104 valence electrons. The molecule has 19 heavy (non-hydrogen) atoms. The van der Waals surface area contributed by atoms with Crippen molar-refractivity contribution in [2.45, 2.75) is 51.1 Å². The fraction of sp³-hybridized carbons (Fsp3) is 0.562. The van der Waals surface area contributed by atoms with Gasteiger partial charge in [0.05, 0.1) is 0 Å². The van der Waals surface area contributed by atoms with E-state index in [9.17, 15) is 4.79 Å². The molecular weight excluding hydrogens is 236 g/mol. The molecule has 3 N–H and O–H groups in total. The maximum Gasteiger partial charge on any atom is 0.223 e. The number of benzene rings is 1. The smallest absolute Gasteiger partial charge is 0.223 e. The van der Waals surface area contributed by atoms with E-state index in [4.69, 9.17) is 5.73 Å². The van der Waals surface area contributed by atoms with Crippen molar-refractivity contribution in [1.82, 2.24) is 5.32 Å². The van der Waals surface area contributed by atoms with Crippen LogP contribution >= 0.6 is 0 Å². The van der Waals surface area contributed by atoms with Gasteiger partial charge in [-0.1, -0.05) is 36.8 Å². The number of amides is 1. The van der Waals surface area contributed by atoms with Crippen LogP contribution in [0.5, 0.6) is 0 Å². The second-order valence-electron chi connectivity index (χ2n) is 5.72. The number of nitrogens with two attached hydrogens (primary N) is 1. The number of hydrogen-bond donors (Lipinski definition) is 2. The highest BCUT2D eigenvalue weighted by Crippen LogP contribution is 2.23. The molecule has 1 aromatic rings. The highest BCUT2D eigenvalue weighted by molar-refractivity contribution is 5.79. The van der Waals surface area contributed by atoms with E-state index in [-0.39, 0.29) is 23.9 Å². The minimum atomic E-state index is 0.113. The van der Waals surface area contributed by atoms with E-state index in [0.717, 1.165) is 32.1 Å². The van der Waals surface area contributed by atoms with Crippen molar-refractivity contribution in [1.29, 1.82) is 0 Å². The van der Waals surface area contributed by atoms with Gasteiger partial charge in [0.25, 0.3) is 0 Å². The number of hydrogen-bond acceptors (Lipinski definition) is 2. The maximum absolute atomic E-state index is 12.2. The van der Waals surface area contributed by atoms with Gasteiger partial charge in [-0.25, -0.2) is 0 Å². The Bertz CT molecular complexity index is 404. The average molecular weight is 260 g/mol. The molecule has 0 saturated heterocycles. The zero-order valence-corrected chi connectivity index (χ0v) is 11.6. The van der Waals surface area contributed by atoms with Crippen molar-refractivity contribution in [3.63, 3.8) is 0 Å². The van der Waals surface area contributed by atoms with Gasteiger partial charge in [-0.2, -0.15) is 0 Å². The van der Waals surface area contributed by atoms with Crippen LogP contribution in [0.4, 0.5) is 0 Å². The summed E-state index contributed by atoms with van der Waals surface area (Å²) in [4.78, 5) is 12.2. The molecule has 3 nitrogen and oxygen atoms in total. The summed E-state index contributed by atoms with van der Waals surface area (Å²) in [5, 5.41) is 3.12. The Morgan fingerprint density at radius 3 is 2.79 bits per heavy atom. The van der Waals surface area contributed by atoms with Gasteiger partial charge in [0.2, 0.25) is 5.91 Å². The molecule has 0 radical (unpaired) electrons. The van der Waals surface area contributed by atoms with Gasteiger partial charge < -0.3 is 11.1 Å². The van der Waals surface area contributed by atoms with Crippen LogP contribution in [-0.2, 0) is 11.2 Å².